The van der Waals surface area contributed by atoms with Gasteiger partial charge in [-0.2, -0.15) is 0 Å². The second kappa shape index (κ2) is 10.6. The quantitative estimate of drug-likeness (QED) is 0.515. The van der Waals surface area contributed by atoms with Crippen molar-refractivity contribution in [3.63, 3.8) is 0 Å². The third kappa shape index (κ3) is 6.62. The Kier molecular flexibility index (Phi) is 7.92. The van der Waals surface area contributed by atoms with Crippen molar-refractivity contribution in [1.82, 2.24) is 0 Å². The summed E-state index contributed by atoms with van der Waals surface area (Å²) in [4.78, 5) is 47.4. The molecule has 0 saturated carbocycles. The molecule has 0 fully saturated rings. The molecule has 30 heavy (non-hydrogen) atoms. The smallest absolute Gasteiger partial charge is 0.344 e. The zero-order valence-corrected chi connectivity index (χ0v) is 16.7. The molecule has 1 N–H and O–H groups in total. The van der Waals surface area contributed by atoms with Gasteiger partial charge < -0.3 is 24.3 Å². The van der Waals surface area contributed by atoms with Crippen molar-refractivity contribution < 1.29 is 38.1 Å². The molecule has 0 radical (unpaired) electrons. The highest BCUT2D eigenvalue weighted by atomic mass is 16.6. The molecule has 158 valence electrons. The number of hydrogen-bond donors (Lipinski definition) is 1. The molecule has 0 aliphatic carbocycles. The number of methoxy groups -OCH3 is 2. The van der Waals surface area contributed by atoms with Crippen molar-refractivity contribution in [2.45, 2.75) is 6.92 Å². The van der Waals surface area contributed by atoms with Gasteiger partial charge in [0.2, 0.25) is 0 Å². The largest absolute Gasteiger partial charge is 0.482 e. The predicted molar refractivity (Wildman–Crippen MR) is 105 cm³/mol. The van der Waals surface area contributed by atoms with Gasteiger partial charge in [0.1, 0.15) is 5.75 Å². The van der Waals surface area contributed by atoms with E-state index in [0.717, 1.165) is 5.56 Å². The average molecular weight is 415 g/mol. The highest BCUT2D eigenvalue weighted by Crippen LogP contribution is 2.17. The van der Waals surface area contributed by atoms with E-state index in [4.69, 9.17) is 9.47 Å². The Morgan fingerprint density at radius 1 is 0.867 bits per heavy atom. The lowest BCUT2D eigenvalue weighted by Gasteiger charge is -2.10. The Labute approximate surface area is 172 Å². The van der Waals surface area contributed by atoms with Crippen molar-refractivity contribution in [2.24, 2.45) is 0 Å². The Morgan fingerprint density at radius 3 is 2.07 bits per heavy atom. The second-order valence-corrected chi connectivity index (χ2v) is 6.10. The first-order valence-electron chi connectivity index (χ1n) is 8.79. The minimum atomic E-state index is -0.731. The lowest BCUT2D eigenvalue weighted by molar-refractivity contribution is -0.149. The van der Waals surface area contributed by atoms with Crippen LogP contribution in [-0.2, 0) is 23.8 Å². The second-order valence-electron chi connectivity index (χ2n) is 6.10. The molecule has 2 rings (SSSR count). The van der Waals surface area contributed by atoms with E-state index in [1.54, 1.807) is 18.2 Å². The molecule has 2 aromatic carbocycles. The number of ether oxygens (including phenoxy) is 4. The summed E-state index contributed by atoms with van der Waals surface area (Å²) in [6.07, 6.45) is 0. The molecule has 0 aliphatic rings. The number of aryl methyl sites for hydroxylation is 1. The zero-order valence-electron chi connectivity index (χ0n) is 16.7. The molecular weight excluding hydrogens is 394 g/mol. The summed E-state index contributed by atoms with van der Waals surface area (Å²) in [5, 5.41) is 2.44. The highest BCUT2D eigenvalue weighted by Gasteiger charge is 2.16. The Balaban J connectivity index is 1.94. The van der Waals surface area contributed by atoms with Crippen molar-refractivity contribution >= 4 is 29.5 Å². The monoisotopic (exact) mass is 415 g/mol. The van der Waals surface area contributed by atoms with Gasteiger partial charge in [-0.05, 0) is 42.8 Å². The number of hydrogen-bond acceptors (Lipinski definition) is 8. The first kappa shape index (κ1) is 22.4. The van der Waals surface area contributed by atoms with Crippen LogP contribution in [0.25, 0.3) is 0 Å². The van der Waals surface area contributed by atoms with Crippen LogP contribution in [-0.4, -0.2) is 51.2 Å². The van der Waals surface area contributed by atoms with E-state index in [0.29, 0.717) is 5.75 Å². The molecule has 0 bridgehead atoms. The molecule has 0 atom stereocenters. The summed E-state index contributed by atoms with van der Waals surface area (Å²) in [5.41, 5.74) is 1.19. The SMILES string of the molecule is COC(=O)c1cc(NC(=O)COC(=O)COc2cccc(C)c2)cc(C(=O)OC)c1. The van der Waals surface area contributed by atoms with Crippen LogP contribution in [0.2, 0.25) is 0 Å². The topological polar surface area (TPSA) is 117 Å². The van der Waals surface area contributed by atoms with Crippen LogP contribution in [0.4, 0.5) is 5.69 Å². The Bertz CT molecular complexity index is 920. The molecule has 0 saturated heterocycles. The van der Waals surface area contributed by atoms with Crippen LogP contribution in [0, 0.1) is 6.92 Å². The summed E-state index contributed by atoms with van der Waals surface area (Å²) in [5.74, 6) is -2.29. The van der Waals surface area contributed by atoms with E-state index >= 15 is 0 Å². The van der Waals surface area contributed by atoms with E-state index in [1.165, 1.54) is 32.4 Å². The van der Waals surface area contributed by atoms with Gasteiger partial charge in [-0.3, -0.25) is 4.79 Å². The molecule has 9 heteroatoms. The van der Waals surface area contributed by atoms with Crippen molar-refractivity contribution in [2.75, 3.05) is 32.8 Å². The van der Waals surface area contributed by atoms with Crippen LogP contribution in [0.3, 0.4) is 0 Å². The number of benzene rings is 2. The fraction of sp³-hybridized carbons (Fsp3) is 0.238. The van der Waals surface area contributed by atoms with Crippen molar-refractivity contribution in [3.05, 3.63) is 59.2 Å². The van der Waals surface area contributed by atoms with Gasteiger partial charge in [0.05, 0.1) is 25.3 Å². The maximum atomic E-state index is 12.1. The van der Waals surface area contributed by atoms with Gasteiger partial charge in [0, 0.05) is 5.69 Å². The normalized spacial score (nSPS) is 9.97. The van der Waals surface area contributed by atoms with Crippen LogP contribution < -0.4 is 10.1 Å². The van der Waals surface area contributed by atoms with E-state index < -0.39 is 30.4 Å². The average Bonchev–Trinajstić information content (AvgIpc) is 2.74. The van der Waals surface area contributed by atoms with Gasteiger partial charge in [-0.25, -0.2) is 14.4 Å². The Morgan fingerprint density at radius 2 is 1.50 bits per heavy atom. The predicted octanol–water partition coefficient (Wildman–Crippen LogP) is 2.13. The lowest BCUT2D eigenvalue weighted by Crippen LogP contribution is -2.24. The van der Waals surface area contributed by atoms with Crippen molar-refractivity contribution in [3.8, 4) is 5.75 Å². The van der Waals surface area contributed by atoms with E-state index in [9.17, 15) is 19.2 Å². The molecule has 0 spiro atoms. The number of carbonyl (C=O) groups excluding carboxylic acids is 4. The summed E-state index contributed by atoms with van der Waals surface area (Å²) in [6.45, 7) is 0.948. The third-order valence-corrected chi connectivity index (χ3v) is 3.77. The van der Waals surface area contributed by atoms with Gasteiger partial charge >= 0.3 is 17.9 Å². The van der Waals surface area contributed by atoms with Gasteiger partial charge in [0.15, 0.2) is 13.2 Å². The minimum absolute atomic E-state index is 0.0410. The number of nitrogens with one attached hydrogen (secondary N) is 1. The Hall–Kier alpha value is -3.88. The van der Waals surface area contributed by atoms with Crippen LogP contribution in [0.1, 0.15) is 26.3 Å². The van der Waals surface area contributed by atoms with Crippen LogP contribution in [0.5, 0.6) is 5.75 Å². The fourth-order valence-corrected chi connectivity index (χ4v) is 2.40. The fourth-order valence-electron chi connectivity index (χ4n) is 2.40. The lowest BCUT2D eigenvalue weighted by atomic mass is 10.1. The number of amides is 1. The van der Waals surface area contributed by atoms with Gasteiger partial charge in [-0.1, -0.05) is 12.1 Å². The zero-order chi connectivity index (χ0) is 22.1. The summed E-state index contributed by atoms with van der Waals surface area (Å²) < 4.78 is 19.4. The molecular formula is C21H21NO8. The van der Waals surface area contributed by atoms with E-state index in [1.807, 2.05) is 13.0 Å². The third-order valence-electron chi connectivity index (χ3n) is 3.77. The van der Waals surface area contributed by atoms with Gasteiger partial charge in [-0.15, -0.1) is 0 Å². The van der Waals surface area contributed by atoms with Gasteiger partial charge in [0.25, 0.3) is 5.91 Å². The highest BCUT2D eigenvalue weighted by molar-refractivity contribution is 6.00. The summed E-state index contributed by atoms with van der Waals surface area (Å²) >= 11 is 0. The summed E-state index contributed by atoms with van der Waals surface area (Å²) in [6, 6.07) is 11.0. The van der Waals surface area contributed by atoms with Crippen LogP contribution in [0.15, 0.2) is 42.5 Å². The minimum Gasteiger partial charge on any atom is -0.482 e. The first-order valence-corrected chi connectivity index (χ1v) is 8.79. The number of esters is 3. The molecule has 0 unspecified atom stereocenters. The molecule has 9 nitrogen and oxygen atoms in total. The maximum absolute atomic E-state index is 12.1. The number of anilines is 1. The standard InChI is InChI=1S/C21H21NO8/c1-13-5-4-6-17(7-13)29-12-19(24)30-11-18(23)22-16-9-14(20(25)27-2)8-15(10-16)21(26)28-3/h4-10H,11-12H2,1-3H3,(H,22,23). The molecule has 2 aromatic rings. The van der Waals surface area contributed by atoms with E-state index in [-0.39, 0.29) is 23.4 Å². The number of carbonyl (C=O) groups is 4. The molecule has 0 heterocycles. The number of rotatable bonds is 8. The molecule has 0 aliphatic heterocycles. The molecule has 0 aromatic heterocycles. The summed E-state index contributed by atoms with van der Waals surface area (Å²) in [7, 11) is 2.37. The maximum Gasteiger partial charge on any atom is 0.344 e. The van der Waals surface area contributed by atoms with Crippen molar-refractivity contribution in [1.29, 1.82) is 0 Å². The molecule has 1 amide bonds. The first-order chi connectivity index (χ1) is 14.3. The van der Waals surface area contributed by atoms with Crippen LogP contribution >= 0.6 is 0 Å². The van der Waals surface area contributed by atoms with E-state index in [2.05, 4.69) is 14.8 Å².